The molecule has 0 aromatic heterocycles. The maximum absolute atomic E-state index is 12.8. The maximum atomic E-state index is 12.8. The minimum atomic E-state index is -0.171. The van der Waals surface area contributed by atoms with Crippen molar-refractivity contribution in [2.45, 2.75) is 63.8 Å². The molecule has 0 aromatic carbocycles. The molecule has 116 valence electrons. The summed E-state index contributed by atoms with van der Waals surface area (Å²) in [5.41, 5.74) is -0.171. The number of nitrogens with zero attached hydrogens (tertiary/aromatic N) is 1. The van der Waals surface area contributed by atoms with Crippen molar-refractivity contribution in [1.29, 1.82) is 0 Å². The predicted octanol–water partition coefficient (Wildman–Crippen LogP) is 3.04. The first-order chi connectivity index (χ1) is 9.79. The van der Waals surface area contributed by atoms with E-state index in [1.165, 1.54) is 38.5 Å². The number of carbonyl (C=O) groups is 1. The van der Waals surface area contributed by atoms with Crippen LogP contribution in [-0.4, -0.2) is 47.5 Å². The average Bonchev–Trinajstić information content (AvgIpc) is 2.53. The fraction of sp³-hybridized carbons (Fsp3) is 0.938. The molecule has 1 saturated heterocycles. The van der Waals surface area contributed by atoms with Gasteiger partial charge in [0, 0.05) is 12.3 Å². The summed E-state index contributed by atoms with van der Waals surface area (Å²) in [6.45, 7) is 5.24. The van der Waals surface area contributed by atoms with Crippen LogP contribution in [0.1, 0.15) is 58.3 Å². The maximum Gasteiger partial charge on any atom is 0.240 e. The summed E-state index contributed by atoms with van der Waals surface area (Å²) in [6.07, 6.45) is 9.73. The molecule has 1 saturated carbocycles. The smallest absolute Gasteiger partial charge is 0.240 e. The highest BCUT2D eigenvalue weighted by molar-refractivity contribution is 7.99. The van der Waals surface area contributed by atoms with Gasteiger partial charge in [0.2, 0.25) is 5.91 Å². The molecular formula is C16H30N2OS. The van der Waals surface area contributed by atoms with Gasteiger partial charge >= 0.3 is 0 Å². The van der Waals surface area contributed by atoms with E-state index < -0.39 is 0 Å². The molecule has 4 heteroatoms. The molecule has 20 heavy (non-hydrogen) atoms. The standard InChI is InChI=1S/C16H30N2OS/c1-2-20-14-11-17-15(19)16(9-5-3-6-10-16)18-12-7-4-8-13-18/h2-14H2,1H3,(H,17,19). The summed E-state index contributed by atoms with van der Waals surface area (Å²) in [5.74, 6) is 2.49. The molecule has 0 bridgehead atoms. The van der Waals surface area contributed by atoms with Gasteiger partial charge in [-0.15, -0.1) is 0 Å². The lowest BCUT2D eigenvalue weighted by atomic mass is 9.78. The van der Waals surface area contributed by atoms with Crippen molar-refractivity contribution in [1.82, 2.24) is 10.2 Å². The first-order valence-electron chi connectivity index (χ1n) is 8.41. The van der Waals surface area contributed by atoms with E-state index in [2.05, 4.69) is 17.1 Å². The third-order valence-electron chi connectivity index (χ3n) is 4.80. The van der Waals surface area contributed by atoms with Crippen molar-refractivity contribution >= 4 is 17.7 Å². The second-order valence-corrected chi connectivity index (χ2v) is 7.49. The Balaban J connectivity index is 1.96. The van der Waals surface area contributed by atoms with Crippen LogP contribution < -0.4 is 5.32 Å². The lowest BCUT2D eigenvalue weighted by Crippen LogP contribution is -2.61. The Bertz CT molecular complexity index is 297. The van der Waals surface area contributed by atoms with Crippen molar-refractivity contribution in [2.75, 3.05) is 31.1 Å². The zero-order valence-corrected chi connectivity index (χ0v) is 13.8. The number of hydrogen-bond donors (Lipinski definition) is 1. The first kappa shape index (κ1) is 16.2. The van der Waals surface area contributed by atoms with E-state index in [0.717, 1.165) is 44.0 Å². The van der Waals surface area contributed by atoms with Crippen molar-refractivity contribution < 1.29 is 4.79 Å². The van der Waals surface area contributed by atoms with E-state index in [9.17, 15) is 4.79 Å². The quantitative estimate of drug-likeness (QED) is 0.765. The van der Waals surface area contributed by atoms with Gasteiger partial charge in [0.15, 0.2) is 0 Å². The minimum Gasteiger partial charge on any atom is -0.354 e. The minimum absolute atomic E-state index is 0.171. The zero-order valence-electron chi connectivity index (χ0n) is 13.0. The van der Waals surface area contributed by atoms with Crippen molar-refractivity contribution in [3.63, 3.8) is 0 Å². The van der Waals surface area contributed by atoms with Gasteiger partial charge in [0.1, 0.15) is 5.54 Å². The molecule has 2 rings (SSSR count). The summed E-state index contributed by atoms with van der Waals surface area (Å²) in [6, 6.07) is 0. The molecule has 2 fully saturated rings. The van der Waals surface area contributed by atoms with Crippen LogP contribution in [0.25, 0.3) is 0 Å². The molecule has 0 unspecified atom stereocenters. The summed E-state index contributed by atoms with van der Waals surface area (Å²) >= 11 is 1.90. The Morgan fingerprint density at radius 2 is 1.75 bits per heavy atom. The largest absolute Gasteiger partial charge is 0.354 e. The number of carbonyl (C=O) groups excluding carboxylic acids is 1. The Morgan fingerprint density at radius 3 is 2.40 bits per heavy atom. The average molecular weight is 298 g/mol. The Kier molecular flexibility index (Phi) is 6.69. The molecule has 1 aliphatic carbocycles. The molecule has 1 N–H and O–H groups in total. The fourth-order valence-electron chi connectivity index (χ4n) is 3.69. The number of nitrogens with one attached hydrogen (secondary N) is 1. The van der Waals surface area contributed by atoms with E-state index in [1.54, 1.807) is 0 Å². The summed E-state index contributed by atoms with van der Waals surface area (Å²) in [5, 5.41) is 3.22. The van der Waals surface area contributed by atoms with Crippen LogP contribution in [0.5, 0.6) is 0 Å². The molecular weight excluding hydrogens is 268 g/mol. The molecule has 2 aliphatic rings. The highest BCUT2D eigenvalue weighted by Gasteiger charge is 2.44. The van der Waals surface area contributed by atoms with Gasteiger partial charge in [0.25, 0.3) is 0 Å². The number of amides is 1. The van der Waals surface area contributed by atoms with E-state index in [-0.39, 0.29) is 5.54 Å². The SMILES string of the molecule is CCSCCNC(=O)C1(N2CCCCC2)CCCCC1. The van der Waals surface area contributed by atoms with Crippen LogP contribution in [0.15, 0.2) is 0 Å². The molecule has 0 aromatic rings. The highest BCUT2D eigenvalue weighted by atomic mass is 32.2. The Hall–Kier alpha value is -0.220. The molecule has 0 radical (unpaired) electrons. The van der Waals surface area contributed by atoms with Crippen molar-refractivity contribution in [3.05, 3.63) is 0 Å². The molecule has 1 heterocycles. The van der Waals surface area contributed by atoms with Gasteiger partial charge < -0.3 is 5.32 Å². The molecule has 1 amide bonds. The van der Waals surface area contributed by atoms with Crippen LogP contribution in [0.2, 0.25) is 0 Å². The number of hydrogen-bond acceptors (Lipinski definition) is 3. The Morgan fingerprint density at radius 1 is 1.10 bits per heavy atom. The van der Waals surface area contributed by atoms with Gasteiger partial charge in [-0.05, 0) is 44.5 Å². The van der Waals surface area contributed by atoms with E-state index in [1.807, 2.05) is 11.8 Å². The van der Waals surface area contributed by atoms with E-state index in [4.69, 9.17) is 0 Å². The van der Waals surface area contributed by atoms with Crippen LogP contribution in [-0.2, 0) is 4.79 Å². The number of likely N-dealkylation sites (tertiary alicyclic amines) is 1. The Labute approximate surface area is 128 Å². The predicted molar refractivity (Wildman–Crippen MR) is 87.2 cm³/mol. The zero-order chi connectivity index (χ0) is 14.3. The van der Waals surface area contributed by atoms with Gasteiger partial charge in [-0.1, -0.05) is 32.6 Å². The van der Waals surface area contributed by atoms with Gasteiger partial charge in [-0.2, -0.15) is 11.8 Å². The fourth-order valence-corrected chi connectivity index (χ4v) is 4.23. The topological polar surface area (TPSA) is 32.3 Å². The first-order valence-corrected chi connectivity index (χ1v) is 9.56. The molecule has 3 nitrogen and oxygen atoms in total. The number of thioether (sulfide) groups is 1. The summed E-state index contributed by atoms with van der Waals surface area (Å²) in [7, 11) is 0. The number of rotatable bonds is 6. The highest BCUT2D eigenvalue weighted by Crippen LogP contribution is 2.35. The second kappa shape index (κ2) is 8.28. The second-order valence-electron chi connectivity index (χ2n) is 6.09. The van der Waals surface area contributed by atoms with Gasteiger partial charge in [0.05, 0.1) is 0 Å². The normalized spacial score (nSPS) is 23.4. The third kappa shape index (κ3) is 3.91. The molecule has 0 atom stereocenters. The molecule has 0 spiro atoms. The molecule has 1 aliphatic heterocycles. The monoisotopic (exact) mass is 298 g/mol. The van der Waals surface area contributed by atoms with E-state index in [0.29, 0.717) is 5.91 Å². The van der Waals surface area contributed by atoms with Crippen molar-refractivity contribution in [3.8, 4) is 0 Å². The van der Waals surface area contributed by atoms with Crippen LogP contribution in [0.4, 0.5) is 0 Å². The van der Waals surface area contributed by atoms with E-state index >= 15 is 0 Å². The van der Waals surface area contributed by atoms with Crippen LogP contribution in [0, 0.1) is 0 Å². The summed E-state index contributed by atoms with van der Waals surface area (Å²) in [4.78, 5) is 15.3. The summed E-state index contributed by atoms with van der Waals surface area (Å²) < 4.78 is 0. The van der Waals surface area contributed by atoms with Crippen LogP contribution in [0.3, 0.4) is 0 Å². The number of piperidine rings is 1. The van der Waals surface area contributed by atoms with Crippen LogP contribution >= 0.6 is 11.8 Å². The third-order valence-corrected chi connectivity index (χ3v) is 5.70. The van der Waals surface area contributed by atoms with Gasteiger partial charge in [-0.25, -0.2) is 0 Å². The van der Waals surface area contributed by atoms with Crippen molar-refractivity contribution in [2.24, 2.45) is 0 Å². The lowest BCUT2D eigenvalue weighted by Gasteiger charge is -2.46. The van der Waals surface area contributed by atoms with Gasteiger partial charge in [-0.3, -0.25) is 9.69 Å². The lowest BCUT2D eigenvalue weighted by molar-refractivity contribution is -0.137.